The van der Waals surface area contributed by atoms with E-state index in [9.17, 15) is 9.90 Å². The molecule has 1 amide bonds. The van der Waals surface area contributed by atoms with Crippen LogP contribution in [-0.2, 0) is 5.54 Å². The van der Waals surface area contributed by atoms with E-state index in [1.165, 1.54) is 0 Å². The van der Waals surface area contributed by atoms with Gasteiger partial charge in [-0.3, -0.25) is 9.48 Å². The van der Waals surface area contributed by atoms with Gasteiger partial charge in [0.15, 0.2) is 0 Å². The Morgan fingerprint density at radius 1 is 1.32 bits per heavy atom. The molecular formula is C17H31N3O2. The molecule has 0 saturated heterocycles. The van der Waals surface area contributed by atoms with E-state index in [1.54, 1.807) is 0 Å². The molecule has 0 aliphatic carbocycles. The van der Waals surface area contributed by atoms with Crippen LogP contribution < -0.4 is 5.32 Å². The van der Waals surface area contributed by atoms with Gasteiger partial charge in [0.25, 0.3) is 5.91 Å². The van der Waals surface area contributed by atoms with Crippen molar-refractivity contribution in [3.8, 4) is 0 Å². The van der Waals surface area contributed by atoms with Crippen LogP contribution in [0.1, 0.15) is 83.4 Å². The maximum atomic E-state index is 12.3. The SMILES string of the molecule is CCC(O)(CC)CNC(=O)c1cc(C(C)C)n(C(C)(C)C)n1. The predicted molar refractivity (Wildman–Crippen MR) is 89.2 cm³/mol. The zero-order valence-electron chi connectivity index (χ0n) is 15.0. The maximum absolute atomic E-state index is 12.3. The minimum absolute atomic E-state index is 0.175. The number of amides is 1. The molecule has 0 atom stereocenters. The first-order valence-corrected chi connectivity index (χ1v) is 8.15. The number of aliphatic hydroxyl groups is 1. The number of carbonyl (C=O) groups is 1. The quantitative estimate of drug-likeness (QED) is 0.848. The molecule has 0 saturated carbocycles. The minimum Gasteiger partial charge on any atom is -0.388 e. The normalized spacial score (nSPS) is 12.8. The predicted octanol–water partition coefficient (Wildman–Crippen LogP) is 3.04. The molecule has 0 bridgehead atoms. The van der Waals surface area contributed by atoms with Crippen molar-refractivity contribution in [3.63, 3.8) is 0 Å². The third-order valence-corrected chi connectivity index (χ3v) is 4.09. The first-order valence-electron chi connectivity index (χ1n) is 8.15. The summed E-state index contributed by atoms with van der Waals surface area (Å²) in [6.07, 6.45) is 1.22. The second-order valence-electron chi connectivity index (χ2n) is 7.31. The molecule has 22 heavy (non-hydrogen) atoms. The van der Waals surface area contributed by atoms with Crippen LogP contribution in [0.5, 0.6) is 0 Å². The van der Waals surface area contributed by atoms with Gasteiger partial charge in [0.05, 0.1) is 11.1 Å². The molecule has 0 radical (unpaired) electrons. The van der Waals surface area contributed by atoms with Crippen LogP contribution in [0.2, 0.25) is 0 Å². The Kier molecular flexibility index (Phi) is 5.79. The van der Waals surface area contributed by atoms with Crippen molar-refractivity contribution in [1.29, 1.82) is 0 Å². The molecule has 0 aliphatic heterocycles. The fourth-order valence-corrected chi connectivity index (χ4v) is 2.29. The van der Waals surface area contributed by atoms with Crippen LogP contribution in [0.4, 0.5) is 0 Å². The van der Waals surface area contributed by atoms with Gasteiger partial charge in [-0.25, -0.2) is 0 Å². The van der Waals surface area contributed by atoms with Crippen LogP contribution in [0, 0.1) is 0 Å². The molecule has 0 aliphatic rings. The number of hydrogen-bond donors (Lipinski definition) is 2. The first-order chi connectivity index (χ1) is 10.0. The monoisotopic (exact) mass is 309 g/mol. The van der Waals surface area contributed by atoms with E-state index in [2.05, 4.69) is 45.0 Å². The lowest BCUT2D eigenvalue weighted by Gasteiger charge is -2.25. The van der Waals surface area contributed by atoms with Crippen LogP contribution in [0.3, 0.4) is 0 Å². The summed E-state index contributed by atoms with van der Waals surface area (Å²) >= 11 is 0. The number of hydrogen-bond acceptors (Lipinski definition) is 3. The molecule has 1 aromatic heterocycles. The van der Waals surface area contributed by atoms with E-state index in [1.807, 2.05) is 24.6 Å². The van der Waals surface area contributed by atoms with Gasteiger partial charge in [-0.1, -0.05) is 27.7 Å². The van der Waals surface area contributed by atoms with Gasteiger partial charge in [0.1, 0.15) is 5.69 Å². The van der Waals surface area contributed by atoms with Crippen molar-refractivity contribution in [2.75, 3.05) is 6.54 Å². The summed E-state index contributed by atoms with van der Waals surface area (Å²) < 4.78 is 1.92. The number of aromatic nitrogens is 2. The fourth-order valence-electron chi connectivity index (χ4n) is 2.29. The molecule has 0 unspecified atom stereocenters. The fraction of sp³-hybridized carbons (Fsp3) is 0.765. The average Bonchev–Trinajstić information content (AvgIpc) is 2.90. The number of nitrogens with one attached hydrogen (secondary N) is 1. The Morgan fingerprint density at radius 2 is 1.86 bits per heavy atom. The molecule has 1 aromatic rings. The Hall–Kier alpha value is -1.36. The summed E-state index contributed by atoms with van der Waals surface area (Å²) in [5, 5.41) is 17.5. The largest absolute Gasteiger partial charge is 0.388 e. The maximum Gasteiger partial charge on any atom is 0.271 e. The average molecular weight is 309 g/mol. The summed E-state index contributed by atoms with van der Waals surface area (Å²) in [7, 11) is 0. The van der Waals surface area contributed by atoms with Crippen molar-refractivity contribution in [2.24, 2.45) is 0 Å². The first kappa shape index (κ1) is 18.7. The smallest absolute Gasteiger partial charge is 0.271 e. The molecule has 5 nitrogen and oxygen atoms in total. The van der Waals surface area contributed by atoms with E-state index in [4.69, 9.17) is 0 Å². The molecule has 126 valence electrons. The van der Waals surface area contributed by atoms with Crippen LogP contribution in [0.25, 0.3) is 0 Å². The van der Waals surface area contributed by atoms with E-state index in [-0.39, 0.29) is 23.9 Å². The standard InChI is InChI=1S/C17H31N3O2/c1-8-17(22,9-2)11-18-15(21)13-10-14(12(3)4)20(19-13)16(5,6)7/h10,12,22H,8-9,11H2,1-7H3,(H,18,21). The second kappa shape index (κ2) is 6.82. The van der Waals surface area contributed by atoms with Gasteiger partial charge >= 0.3 is 0 Å². The highest BCUT2D eigenvalue weighted by atomic mass is 16.3. The Bertz CT molecular complexity index is 508. The van der Waals surface area contributed by atoms with Gasteiger partial charge in [-0.2, -0.15) is 5.10 Å². The van der Waals surface area contributed by atoms with Crippen LogP contribution >= 0.6 is 0 Å². The van der Waals surface area contributed by atoms with Crippen molar-refractivity contribution in [2.45, 2.75) is 78.4 Å². The zero-order chi connectivity index (χ0) is 17.1. The van der Waals surface area contributed by atoms with Gasteiger partial charge in [-0.05, 0) is 45.6 Å². The van der Waals surface area contributed by atoms with Crippen molar-refractivity contribution in [3.05, 3.63) is 17.5 Å². The van der Waals surface area contributed by atoms with E-state index in [0.29, 0.717) is 18.5 Å². The molecule has 2 N–H and O–H groups in total. The second-order valence-corrected chi connectivity index (χ2v) is 7.31. The lowest BCUT2D eigenvalue weighted by Crippen LogP contribution is -2.42. The molecule has 0 spiro atoms. The van der Waals surface area contributed by atoms with Gasteiger partial charge in [0, 0.05) is 12.2 Å². The van der Waals surface area contributed by atoms with E-state index < -0.39 is 5.60 Å². The summed E-state index contributed by atoms with van der Waals surface area (Å²) in [4.78, 5) is 12.3. The summed E-state index contributed by atoms with van der Waals surface area (Å²) in [6, 6.07) is 1.85. The molecule has 5 heteroatoms. The van der Waals surface area contributed by atoms with Crippen LogP contribution in [-0.4, -0.2) is 32.9 Å². The highest BCUT2D eigenvalue weighted by Crippen LogP contribution is 2.23. The van der Waals surface area contributed by atoms with Crippen molar-refractivity contribution < 1.29 is 9.90 Å². The number of carbonyl (C=O) groups excluding carboxylic acids is 1. The third-order valence-electron chi connectivity index (χ3n) is 4.09. The molecule has 0 fully saturated rings. The lowest BCUT2D eigenvalue weighted by atomic mass is 9.97. The minimum atomic E-state index is -0.844. The molecular weight excluding hydrogens is 278 g/mol. The van der Waals surface area contributed by atoms with E-state index >= 15 is 0 Å². The lowest BCUT2D eigenvalue weighted by molar-refractivity contribution is 0.0313. The van der Waals surface area contributed by atoms with Gasteiger partial charge in [0.2, 0.25) is 0 Å². The summed E-state index contributed by atoms with van der Waals surface area (Å²) in [5.41, 5.74) is 0.432. The van der Waals surface area contributed by atoms with Gasteiger partial charge < -0.3 is 10.4 Å². The Balaban J connectivity index is 2.96. The highest BCUT2D eigenvalue weighted by Gasteiger charge is 2.26. The van der Waals surface area contributed by atoms with Crippen molar-refractivity contribution in [1.82, 2.24) is 15.1 Å². The topological polar surface area (TPSA) is 67.2 Å². The molecule has 0 aromatic carbocycles. The van der Waals surface area contributed by atoms with Crippen molar-refractivity contribution >= 4 is 5.91 Å². The highest BCUT2D eigenvalue weighted by molar-refractivity contribution is 5.92. The number of rotatable bonds is 6. The molecule has 1 rings (SSSR count). The third kappa shape index (κ3) is 4.32. The summed E-state index contributed by atoms with van der Waals surface area (Å²) in [6.45, 7) is 14.5. The summed E-state index contributed by atoms with van der Waals surface area (Å²) in [5.74, 6) is 0.0571. The van der Waals surface area contributed by atoms with E-state index in [0.717, 1.165) is 5.69 Å². The Morgan fingerprint density at radius 3 is 2.23 bits per heavy atom. The van der Waals surface area contributed by atoms with Crippen LogP contribution in [0.15, 0.2) is 6.07 Å². The zero-order valence-corrected chi connectivity index (χ0v) is 15.0. The van der Waals surface area contributed by atoms with Gasteiger partial charge in [-0.15, -0.1) is 0 Å². The Labute approximate surface area is 134 Å². The molecule has 1 heterocycles. The number of nitrogens with zero attached hydrogens (tertiary/aromatic N) is 2.